The van der Waals surface area contributed by atoms with Gasteiger partial charge in [0.15, 0.2) is 0 Å². The minimum Gasteiger partial charge on any atom is -0.487 e. The van der Waals surface area contributed by atoms with E-state index in [4.69, 9.17) is 26.4 Å². The second kappa shape index (κ2) is 4.35. The standard InChI is InChI=1S/C7H5ClO.BH3O2/c8-6-3-5-1-2-7(6)9-4-5;2-1-3/h1-3H,4H2;1-3H. The molecule has 12 heavy (non-hydrogen) atoms. The van der Waals surface area contributed by atoms with E-state index in [2.05, 4.69) is 0 Å². The van der Waals surface area contributed by atoms with Crippen LogP contribution < -0.4 is 4.74 Å². The van der Waals surface area contributed by atoms with Gasteiger partial charge in [0.25, 0.3) is 0 Å². The summed E-state index contributed by atoms with van der Waals surface area (Å²) in [6.45, 7) is 0.683. The molecule has 0 fully saturated rings. The number of benzene rings is 1. The summed E-state index contributed by atoms with van der Waals surface area (Å²) in [7, 11) is -0.750. The fourth-order valence-corrected chi connectivity index (χ4v) is 1.17. The molecule has 2 aliphatic heterocycles. The summed E-state index contributed by atoms with van der Waals surface area (Å²) in [5.74, 6) is 0.798. The molecule has 1 aromatic carbocycles. The van der Waals surface area contributed by atoms with E-state index in [9.17, 15) is 0 Å². The predicted molar refractivity (Wildman–Crippen MR) is 47.4 cm³/mol. The SMILES string of the molecule is Clc1cc2ccc1OC2.OBO. The van der Waals surface area contributed by atoms with E-state index in [0.717, 1.165) is 16.3 Å². The van der Waals surface area contributed by atoms with Crippen molar-refractivity contribution in [1.82, 2.24) is 0 Å². The predicted octanol–water partition coefficient (Wildman–Crippen LogP) is 0.470. The molecule has 0 spiro atoms. The molecule has 2 heterocycles. The molecule has 5 heteroatoms. The van der Waals surface area contributed by atoms with Gasteiger partial charge in [0.05, 0.1) is 5.02 Å². The molecule has 2 bridgehead atoms. The van der Waals surface area contributed by atoms with Crippen molar-refractivity contribution >= 4 is 19.3 Å². The second-order valence-electron chi connectivity index (χ2n) is 2.19. The number of rotatable bonds is 0. The van der Waals surface area contributed by atoms with E-state index in [1.165, 1.54) is 0 Å². The highest BCUT2D eigenvalue weighted by molar-refractivity contribution is 6.32. The van der Waals surface area contributed by atoms with Crippen LogP contribution in [0.4, 0.5) is 0 Å². The molecule has 0 saturated heterocycles. The average Bonchev–Trinajstić information content (AvgIpc) is 2.07. The molecule has 0 radical (unpaired) electrons. The van der Waals surface area contributed by atoms with Gasteiger partial charge in [0, 0.05) is 0 Å². The summed E-state index contributed by atoms with van der Waals surface area (Å²) in [4.78, 5) is 0. The topological polar surface area (TPSA) is 49.7 Å². The lowest BCUT2D eigenvalue weighted by atomic mass is 10.2. The monoisotopic (exact) mass is 186 g/mol. The Labute approximate surface area is 75.9 Å². The lowest BCUT2D eigenvalue weighted by Gasteiger charge is -2.14. The molecule has 3 rings (SSSR count). The minimum absolute atomic E-state index is 0.683. The maximum Gasteiger partial charge on any atom is 0.432 e. The van der Waals surface area contributed by atoms with Crippen molar-refractivity contribution in [1.29, 1.82) is 0 Å². The van der Waals surface area contributed by atoms with Crippen LogP contribution in [-0.4, -0.2) is 17.7 Å². The summed E-state index contributed by atoms with van der Waals surface area (Å²) >= 11 is 5.74. The molecule has 64 valence electrons. The van der Waals surface area contributed by atoms with Gasteiger partial charge < -0.3 is 14.8 Å². The quantitative estimate of drug-likeness (QED) is 0.579. The molecular weight excluding hydrogens is 178 g/mol. The van der Waals surface area contributed by atoms with Gasteiger partial charge in [0.2, 0.25) is 0 Å². The van der Waals surface area contributed by atoms with Gasteiger partial charge in [0.1, 0.15) is 12.4 Å². The summed E-state index contributed by atoms with van der Waals surface area (Å²) in [6.07, 6.45) is 0. The summed E-state index contributed by atoms with van der Waals surface area (Å²) in [5, 5.41) is 15.0. The largest absolute Gasteiger partial charge is 0.487 e. The normalized spacial score (nSPS) is 11.2. The highest BCUT2D eigenvalue weighted by atomic mass is 35.5. The molecule has 0 unspecified atom stereocenters. The number of hydrogen-bond donors (Lipinski definition) is 2. The minimum atomic E-state index is -0.750. The van der Waals surface area contributed by atoms with Crippen molar-refractivity contribution in [2.24, 2.45) is 0 Å². The Balaban J connectivity index is 0.000000213. The molecule has 0 aliphatic carbocycles. The number of ether oxygens (including phenoxy) is 1. The summed E-state index contributed by atoms with van der Waals surface area (Å²) in [6, 6.07) is 5.84. The van der Waals surface area contributed by atoms with Crippen molar-refractivity contribution in [3.8, 4) is 5.75 Å². The molecule has 2 aliphatic rings. The second-order valence-corrected chi connectivity index (χ2v) is 2.60. The van der Waals surface area contributed by atoms with Crippen LogP contribution in [0, 0.1) is 0 Å². The van der Waals surface area contributed by atoms with Crippen LogP contribution in [0.5, 0.6) is 5.75 Å². The average molecular weight is 186 g/mol. The van der Waals surface area contributed by atoms with Gasteiger partial charge in [-0.1, -0.05) is 17.7 Å². The van der Waals surface area contributed by atoms with Gasteiger partial charge in [-0.2, -0.15) is 0 Å². The van der Waals surface area contributed by atoms with Crippen molar-refractivity contribution in [2.45, 2.75) is 6.61 Å². The number of halogens is 1. The van der Waals surface area contributed by atoms with Gasteiger partial charge >= 0.3 is 7.69 Å². The first-order valence-electron chi connectivity index (χ1n) is 3.41. The number of fused-ring (bicyclic) bond motifs is 3. The lowest BCUT2D eigenvalue weighted by Crippen LogP contribution is -2.01. The Kier molecular flexibility index (Phi) is 3.40. The zero-order chi connectivity index (χ0) is 8.97. The first-order chi connectivity index (χ1) is 5.77. The first kappa shape index (κ1) is 9.38. The molecule has 0 amide bonds. The van der Waals surface area contributed by atoms with Gasteiger partial charge in [-0.05, 0) is 17.7 Å². The van der Waals surface area contributed by atoms with Crippen LogP contribution in [0.3, 0.4) is 0 Å². The van der Waals surface area contributed by atoms with E-state index in [1.807, 2.05) is 18.2 Å². The van der Waals surface area contributed by atoms with Crippen molar-refractivity contribution in [2.75, 3.05) is 0 Å². The van der Waals surface area contributed by atoms with E-state index in [0.29, 0.717) is 6.61 Å². The van der Waals surface area contributed by atoms with Crippen LogP contribution in [0.25, 0.3) is 0 Å². The van der Waals surface area contributed by atoms with Crippen LogP contribution >= 0.6 is 11.6 Å². The Morgan fingerprint density at radius 2 is 2.08 bits per heavy atom. The molecule has 0 aromatic heterocycles. The fraction of sp³-hybridized carbons (Fsp3) is 0.143. The third kappa shape index (κ3) is 2.14. The van der Waals surface area contributed by atoms with E-state index >= 15 is 0 Å². The van der Waals surface area contributed by atoms with Crippen molar-refractivity contribution < 1.29 is 14.8 Å². The van der Waals surface area contributed by atoms with Crippen molar-refractivity contribution in [3.05, 3.63) is 28.8 Å². The highest BCUT2D eigenvalue weighted by Crippen LogP contribution is 2.30. The van der Waals surface area contributed by atoms with Crippen molar-refractivity contribution in [3.63, 3.8) is 0 Å². The highest BCUT2D eigenvalue weighted by Gasteiger charge is 2.08. The van der Waals surface area contributed by atoms with E-state index in [1.54, 1.807) is 0 Å². The van der Waals surface area contributed by atoms with Gasteiger partial charge in [-0.3, -0.25) is 0 Å². The van der Waals surface area contributed by atoms with Crippen LogP contribution in [-0.2, 0) is 6.61 Å². The zero-order valence-electron chi connectivity index (χ0n) is 6.33. The molecule has 3 nitrogen and oxygen atoms in total. The fourth-order valence-electron chi connectivity index (χ4n) is 0.912. The first-order valence-corrected chi connectivity index (χ1v) is 3.78. The third-order valence-corrected chi connectivity index (χ3v) is 1.69. The Morgan fingerprint density at radius 3 is 2.25 bits per heavy atom. The van der Waals surface area contributed by atoms with Crippen LogP contribution in [0.1, 0.15) is 5.56 Å². The van der Waals surface area contributed by atoms with Gasteiger partial charge in [-0.15, -0.1) is 0 Å². The van der Waals surface area contributed by atoms with Crippen LogP contribution in [0.15, 0.2) is 18.2 Å². The summed E-state index contributed by atoms with van der Waals surface area (Å²) < 4.78 is 5.18. The maximum atomic E-state index is 7.12. The molecule has 2 N–H and O–H groups in total. The molecule has 0 atom stereocenters. The Bertz CT molecular complexity index is 267. The number of hydrogen-bond acceptors (Lipinski definition) is 3. The maximum absolute atomic E-state index is 7.12. The smallest absolute Gasteiger partial charge is 0.432 e. The summed E-state index contributed by atoms with van der Waals surface area (Å²) in [5.41, 5.74) is 1.15. The molecule has 1 aromatic rings. The van der Waals surface area contributed by atoms with Gasteiger partial charge in [-0.25, -0.2) is 0 Å². The third-order valence-electron chi connectivity index (χ3n) is 1.39. The lowest BCUT2D eigenvalue weighted by molar-refractivity contribution is 0.295. The zero-order valence-corrected chi connectivity index (χ0v) is 7.08. The Hall–Kier alpha value is -0.705. The van der Waals surface area contributed by atoms with E-state index in [-0.39, 0.29) is 0 Å². The molecular formula is C7H8BClO3. The van der Waals surface area contributed by atoms with Crippen LogP contribution in [0.2, 0.25) is 5.02 Å². The van der Waals surface area contributed by atoms with E-state index < -0.39 is 7.69 Å². The molecule has 0 saturated carbocycles. The Morgan fingerprint density at radius 1 is 1.42 bits per heavy atom.